The molecule has 0 spiro atoms. The number of anilines is 1. The molecule has 1 heterocycles. The molecule has 2 rings (SSSR count). The number of hydrogen-bond acceptors (Lipinski definition) is 1. The number of benzene rings is 1. The van der Waals surface area contributed by atoms with Crippen molar-refractivity contribution in [1.29, 1.82) is 0 Å². The standard InChI is InChI=1S/C12H16N2/c1-7-8(2)12-10(5-6-14-12)9(3)11(7)13-4/h5-6,13-14H,1-4H3. The van der Waals surface area contributed by atoms with Crippen molar-refractivity contribution in [3.8, 4) is 0 Å². The molecule has 1 aromatic heterocycles. The normalized spacial score (nSPS) is 10.9. The molecule has 0 atom stereocenters. The van der Waals surface area contributed by atoms with Gasteiger partial charge in [-0.25, -0.2) is 0 Å². The summed E-state index contributed by atoms with van der Waals surface area (Å²) in [5.74, 6) is 0. The first kappa shape index (κ1) is 9.13. The predicted octanol–water partition coefficient (Wildman–Crippen LogP) is 3.13. The lowest BCUT2D eigenvalue weighted by molar-refractivity contribution is 1.30. The van der Waals surface area contributed by atoms with Crippen LogP contribution in [0.3, 0.4) is 0 Å². The first-order valence-corrected chi connectivity index (χ1v) is 4.91. The van der Waals surface area contributed by atoms with Crippen molar-refractivity contribution in [3.63, 3.8) is 0 Å². The summed E-state index contributed by atoms with van der Waals surface area (Å²) in [4.78, 5) is 3.29. The summed E-state index contributed by atoms with van der Waals surface area (Å²) < 4.78 is 0. The van der Waals surface area contributed by atoms with Gasteiger partial charge in [0.1, 0.15) is 0 Å². The van der Waals surface area contributed by atoms with Crippen LogP contribution in [0.4, 0.5) is 5.69 Å². The fraction of sp³-hybridized carbons (Fsp3) is 0.333. The Morgan fingerprint density at radius 2 is 1.79 bits per heavy atom. The largest absolute Gasteiger partial charge is 0.388 e. The van der Waals surface area contributed by atoms with E-state index in [-0.39, 0.29) is 0 Å². The molecule has 74 valence electrons. The van der Waals surface area contributed by atoms with Gasteiger partial charge >= 0.3 is 0 Å². The van der Waals surface area contributed by atoms with E-state index < -0.39 is 0 Å². The molecule has 0 fully saturated rings. The van der Waals surface area contributed by atoms with Crippen molar-refractivity contribution < 1.29 is 0 Å². The number of H-pyrrole nitrogens is 1. The third-order valence-electron chi connectivity index (χ3n) is 3.09. The number of fused-ring (bicyclic) bond motifs is 1. The lowest BCUT2D eigenvalue weighted by Gasteiger charge is -2.13. The third kappa shape index (κ3) is 1.03. The van der Waals surface area contributed by atoms with E-state index >= 15 is 0 Å². The van der Waals surface area contributed by atoms with E-state index in [1.165, 1.54) is 33.3 Å². The first-order valence-electron chi connectivity index (χ1n) is 4.91. The number of rotatable bonds is 1. The average molecular weight is 188 g/mol. The summed E-state index contributed by atoms with van der Waals surface area (Å²) in [5, 5.41) is 4.59. The highest BCUT2D eigenvalue weighted by atomic mass is 14.8. The third-order valence-corrected chi connectivity index (χ3v) is 3.09. The van der Waals surface area contributed by atoms with Gasteiger partial charge in [-0.15, -0.1) is 0 Å². The molecule has 0 aliphatic carbocycles. The van der Waals surface area contributed by atoms with E-state index in [9.17, 15) is 0 Å². The molecule has 2 heteroatoms. The molecular formula is C12H16N2. The van der Waals surface area contributed by atoms with Gasteiger partial charge < -0.3 is 10.3 Å². The van der Waals surface area contributed by atoms with Crippen LogP contribution in [0.25, 0.3) is 10.9 Å². The van der Waals surface area contributed by atoms with Crippen LogP contribution in [-0.4, -0.2) is 12.0 Å². The van der Waals surface area contributed by atoms with E-state index in [1.807, 2.05) is 13.2 Å². The lowest BCUT2D eigenvalue weighted by Crippen LogP contribution is -1.98. The molecule has 0 aliphatic rings. The molecule has 0 saturated heterocycles. The highest BCUT2D eigenvalue weighted by Crippen LogP contribution is 2.31. The second-order valence-electron chi connectivity index (χ2n) is 3.77. The summed E-state index contributed by atoms with van der Waals surface area (Å²) in [6.07, 6.45) is 2.00. The number of aromatic nitrogens is 1. The van der Waals surface area contributed by atoms with Crippen LogP contribution < -0.4 is 5.32 Å². The van der Waals surface area contributed by atoms with Crippen molar-refractivity contribution in [2.24, 2.45) is 0 Å². The summed E-state index contributed by atoms with van der Waals surface area (Å²) in [6.45, 7) is 6.48. The predicted molar refractivity (Wildman–Crippen MR) is 62.1 cm³/mol. The van der Waals surface area contributed by atoms with Crippen molar-refractivity contribution in [2.75, 3.05) is 12.4 Å². The van der Waals surface area contributed by atoms with Gasteiger partial charge in [-0.3, -0.25) is 0 Å². The van der Waals surface area contributed by atoms with Crippen molar-refractivity contribution in [3.05, 3.63) is 29.0 Å². The fourth-order valence-corrected chi connectivity index (χ4v) is 2.16. The molecule has 14 heavy (non-hydrogen) atoms. The van der Waals surface area contributed by atoms with Crippen molar-refractivity contribution in [2.45, 2.75) is 20.8 Å². The minimum atomic E-state index is 1.26. The van der Waals surface area contributed by atoms with Gasteiger partial charge in [0.25, 0.3) is 0 Å². The fourth-order valence-electron chi connectivity index (χ4n) is 2.16. The maximum absolute atomic E-state index is 3.29. The van der Waals surface area contributed by atoms with E-state index in [2.05, 4.69) is 37.1 Å². The molecule has 0 bridgehead atoms. The van der Waals surface area contributed by atoms with Crippen LogP contribution in [-0.2, 0) is 0 Å². The zero-order chi connectivity index (χ0) is 10.3. The summed E-state index contributed by atoms with van der Waals surface area (Å²) in [7, 11) is 1.98. The number of hydrogen-bond donors (Lipinski definition) is 2. The van der Waals surface area contributed by atoms with Crippen LogP contribution in [0.15, 0.2) is 12.3 Å². The number of nitrogens with one attached hydrogen (secondary N) is 2. The average Bonchev–Trinajstić information content (AvgIpc) is 2.64. The quantitative estimate of drug-likeness (QED) is 0.707. The van der Waals surface area contributed by atoms with Gasteiger partial charge in [-0.05, 0) is 43.5 Å². The van der Waals surface area contributed by atoms with E-state index in [4.69, 9.17) is 0 Å². The Morgan fingerprint density at radius 1 is 1.07 bits per heavy atom. The Kier molecular flexibility index (Phi) is 1.99. The number of aromatic amines is 1. The van der Waals surface area contributed by atoms with Crippen LogP contribution in [0.1, 0.15) is 16.7 Å². The van der Waals surface area contributed by atoms with Crippen LogP contribution in [0.2, 0.25) is 0 Å². The molecular weight excluding hydrogens is 172 g/mol. The first-order chi connectivity index (χ1) is 6.66. The van der Waals surface area contributed by atoms with Crippen LogP contribution >= 0.6 is 0 Å². The molecule has 0 radical (unpaired) electrons. The minimum absolute atomic E-state index is 1.26. The Balaban J connectivity index is 2.94. The molecule has 0 unspecified atom stereocenters. The van der Waals surface area contributed by atoms with Gasteiger partial charge in [-0.2, -0.15) is 0 Å². The van der Waals surface area contributed by atoms with Gasteiger partial charge in [-0.1, -0.05) is 0 Å². The van der Waals surface area contributed by atoms with Gasteiger partial charge in [0, 0.05) is 29.8 Å². The van der Waals surface area contributed by atoms with Crippen LogP contribution in [0.5, 0.6) is 0 Å². The molecule has 2 N–H and O–H groups in total. The van der Waals surface area contributed by atoms with Gasteiger partial charge in [0.15, 0.2) is 0 Å². The number of aryl methyl sites for hydroxylation is 2. The maximum atomic E-state index is 3.29. The Labute approximate surface area is 84.3 Å². The zero-order valence-electron chi connectivity index (χ0n) is 9.15. The molecule has 1 aromatic carbocycles. The van der Waals surface area contributed by atoms with Gasteiger partial charge in [0.05, 0.1) is 0 Å². The van der Waals surface area contributed by atoms with E-state index in [0.717, 1.165) is 0 Å². The Morgan fingerprint density at radius 3 is 2.43 bits per heavy atom. The summed E-state index contributed by atoms with van der Waals surface area (Å²) in [6, 6.07) is 2.14. The zero-order valence-corrected chi connectivity index (χ0v) is 9.15. The smallest absolute Gasteiger partial charge is 0.0490 e. The topological polar surface area (TPSA) is 27.8 Å². The Bertz CT molecular complexity index is 481. The van der Waals surface area contributed by atoms with E-state index in [0.29, 0.717) is 0 Å². The molecule has 2 nitrogen and oxygen atoms in total. The van der Waals surface area contributed by atoms with Crippen molar-refractivity contribution >= 4 is 16.6 Å². The monoisotopic (exact) mass is 188 g/mol. The second kappa shape index (κ2) is 3.05. The minimum Gasteiger partial charge on any atom is -0.388 e. The maximum Gasteiger partial charge on any atom is 0.0490 e. The van der Waals surface area contributed by atoms with Gasteiger partial charge in [0.2, 0.25) is 0 Å². The lowest BCUT2D eigenvalue weighted by atomic mass is 9.99. The second-order valence-corrected chi connectivity index (χ2v) is 3.77. The highest BCUT2D eigenvalue weighted by molar-refractivity contribution is 5.92. The summed E-state index contributed by atoms with van der Waals surface area (Å²) >= 11 is 0. The van der Waals surface area contributed by atoms with Crippen LogP contribution in [0, 0.1) is 20.8 Å². The molecule has 0 aliphatic heterocycles. The van der Waals surface area contributed by atoms with E-state index in [1.54, 1.807) is 0 Å². The van der Waals surface area contributed by atoms with Crippen molar-refractivity contribution in [1.82, 2.24) is 4.98 Å². The molecule has 2 aromatic rings. The Hall–Kier alpha value is -1.44. The highest BCUT2D eigenvalue weighted by Gasteiger charge is 2.10. The molecule has 0 amide bonds. The molecule has 0 saturated carbocycles. The SMILES string of the molecule is CNc1c(C)c(C)c2[nH]ccc2c1C. The summed E-state index contributed by atoms with van der Waals surface area (Å²) in [5.41, 5.74) is 6.51.